The maximum Gasteiger partial charge on any atom is 0.303 e. The number of esters is 2. The van der Waals surface area contributed by atoms with Gasteiger partial charge in [0, 0.05) is 25.0 Å². The van der Waals surface area contributed by atoms with E-state index in [1.54, 1.807) is 6.92 Å². The Bertz CT molecular complexity index is 1010. The minimum Gasteiger partial charge on any atom is -0.456 e. The van der Waals surface area contributed by atoms with Gasteiger partial charge in [-0.1, -0.05) is 81.4 Å². The SMILES string of the molecule is CC(=O)O[C@@H]([C@H](O)[C@H](C)N=C(c1ccccc1)c1ccccc1)[C@H](CO[Si](C)(C)C(C)(C)C)OC(C)=O. The fraction of sp³-hybridized carbons (Fsp3) is 0.483. The van der Waals surface area contributed by atoms with E-state index in [9.17, 15) is 14.7 Å². The molecule has 0 aliphatic rings. The quantitative estimate of drug-likeness (QED) is 0.246. The smallest absolute Gasteiger partial charge is 0.303 e. The largest absolute Gasteiger partial charge is 0.456 e. The number of hydrogen-bond acceptors (Lipinski definition) is 7. The summed E-state index contributed by atoms with van der Waals surface area (Å²) >= 11 is 0. The molecule has 0 unspecified atom stereocenters. The first-order valence-corrected chi connectivity index (χ1v) is 15.5. The number of carbonyl (C=O) groups excluding carboxylic acids is 2. The number of ether oxygens (including phenoxy) is 2. The topological polar surface area (TPSA) is 94.4 Å². The van der Waals surface area contributed by atoms with E-state index in [0.717, 1.165) is 11.1 Å². The number of rotatable bonds is 11. The van der Waals surface area contributed by atoms with Crippen molar-refractivity contribution in [3.63, 3.8) is 0 Å². The van der Waals surface area contributed by atoms with Crippen molar-refractivity contribution >= 4 is 26.0 Å². The molecule has 2 aromatic carbocycles. The van der Waals surface area contributed by atoms with Crippen molar-refractivity contribution in [2.24, 2.45) is 4.99 Å². The number of aliphatic imine (C=N–C) groups is 1. The van der Waals surface area contributed by atoms with E-state index in [2.05, 4.69) is 33.9 Å². The highest BCUT2D eigenvalue weighted by Crippen LogP contribution is 2.37. The first-order valence-electron chi connectivity index (χ1n) is 12.6. The Morgan fingerprint density at radius 2 is 1.35 bits per heavy atom. The summed E-state index contributed by atoms with van der Waals surface area (Å²) in [6, 6.07) is 18.6. The first kappa shape index (κ1) is 30.4. The van der Waals surface area contributed by atoms with Crippen LogP contribution in [-0.4, -0.2) is 62.0 Å². The van der Waals surface area contributed by atoms with Crippen LogP contribution in [-0.2, 0) is 23.5 Å². The van der Waals surface area contributed by atoms with E-state index in [4.69, 9.17) is 18.9 Å². The lowest BCUT2D eigenvalue weighted by Gasteiger charge is -2.38. The van der Waals surface area contributed by atoms with Gasteiger partial charge in [0.2, 0.25) is 0 Å². The number of aliphatic hydroxyl groups is 1. The molecule has 202 valence electrons. The Morgan fingerprint density at radius 3 is 1.76 bits per heavy atom. The number of hydrogen-bond donors (Lipinski definition) is 1. The van der Waals surface area contributed by atoms with E-state index in [-0.39, 0.29) is 11.6 Å². The summed E-state index contributed by atoms with van der Waals surface area (Å²) in [5.74, 6) is -1.16. The Hall–Kier alpha value is -2.81. The van der Waals surface area contributed by atoms with Crippen molar-refractivity contribution in [2.75, 3.05) is 6.61 Å². The van der Waals surface area contributed by atoms with Crippen LogP contribution in [0.3, 0.4) is 0 Å². The van der Waals surface area contributed by atoms with Crippen molar-refractivity contribution in [1.29, 1.82) is 0 Å². The van der Waals surface area contributed by atoms with Crippen LogP contribution in [0.2, 0.25) is 18.1 Å². The molecule has 4 atom stereocenters. The standard InChI is InChI=1S/C29H41NO6Si/c1-20(30-26(23-15-11-9-12-16-23)24-17-13-10-14-18-24)27(33)28(36-22(3)32)25(35-21(2)31)19-34-37(7,8)29(4,5)6/h9-18,20,25,27-28,33H,19H2,1-8H3/t20-,25-,27+,28+/m0/s1. The van der Waals surface area contributed by atoms with Crippen LogP contribution in [0.1, 0.15) is 52.7 Å². The number of benzene rings is 2. The van der Waals surface area contributed by atoms with Gasteiger partial charge >= 0.3 is 11.9 Å². The van der Waals surface area contributed by atoms with Crippen molar-refractivity contribution < 1.29 is 28.6 Å². The third kappa shape index (κ3) is 8.91. The molecule has 0 fully saturated rings. The fourth-order valence-electron chi connectivity index (χ4n) is 3.54. The molecule has 0 saturated heterocycles. The average molecular weight is 528 g/mol. The van der Waals surface area contributed by atoms with Gasteiger partial charge in [0.25, 0.3) is 0 Å². The Labute approximate surface area is 222 Å². The minimum absolute atomic E-state index is 0.00819. The molecule has 0 amide bonds. The van der Waals surface area contributed by atoms with Crippen LogP contribution in [0, 0.1) is 0 Å². The molecule has 0 aromatic heterocycles. The van der Waals surface area contributed by atoms with Crippen LogP contribution in [0.25, 0.3) is 0 Å². The van der Waals surface area contributed by atoms with Gasteiger partial charge in [-0.2, -0.15) is 0 Å². The summed E-state index contributed by atoms with van der Waals surface area (Å²) in [5, 5.41) is 11.3. The predicted molar refractivity (Wildman–Crippen MR) is 148 cm³/mol. The molecule has 0 heterocycles. The maximum absolute atomic E-state index is 12.1. The molecule has 37 heavy (non-hydrogen) atoms. The van der Waals surface area contributed by atoms with Gasteiger partial charge in [-0.25, -0.2) is 0 Å². The molecule has 0 bridgehead atoms. The van der Waals surface area contributed by atoms with Gasteiger partial charge in [-0.3, -0.25) is 14.6 Å². The second kappa shape index (κ2) is 13.1. The molecule has 8 heteroatoms. The lowest BCUT2D eigenvalue weighted by molar-refractivity contribution is -0.178. The molecule has 0 spiro atoms. The highest BCUT2D eigenvalue weighted by atomic mass is 28.4. The van der Waals surface area contributed by atoms with Gasteiger partial charge in [0.05, 0.1) is 18.4 Å². The van der Waals surface area contributed by atoms with Crippen LogP contribution < -0.4 is 0 Å². The summed E-state index contributed by atoms with van der Waals surface area (Å²) in [7, 11) is -2.22. The van der Waals surface area contributed by atoms with Gasteiger partial charge < -0.3 is 19.0 Å². The number of carbonyl (C=O) groups is 2. The average Bonchev–Trinajstić information content (AvgIpc) is 2.83. The number of aliphatic hydroxyl groups excluding tert-OH is 1. The Kier molecular flexibility index (Phi) is 10.8. The summed E-state index contributed by atoms with van der Waals surface area (Å²) in [6.45, 7) is 14.7. The van der Waals surface area contributed by atoms with Gasteiger partial charge in [-0.15, -0.1) is 0 Å². The first-order chi connectivity index (χ1) is 17.2. The summed E-state index contributed by atoms with van der Waals surface area (Å²) in [4.78, 5) is 28.9. The van der Waals surface area contributed by atoms with Crippen LogP contribution >= 0.6 is 0 Å². The van der Waals surface area contributed by atoms with Crippen molar-refractivity contribution in [1.82, 2.24) is 0 Å². The normalized spacial score (nSPS) is 15.2. The summed E-state index contributed by atoms with van der Waals surface area (Å²) in [5.41, 5.74) is 2.46. The zero-order chi connectivity index (χ0) is 27.8. The second-order valence-electron chi connectivity index (χ2n) is 10.7. The van der Waals surface area contributed by atoms with Crippen LogP contribution in [0.5, 0.6) is 0 Å². The Morgan fingerprint density at radius 1 is 0.892 bits per heavy atom. The lowest BCUT2D eigenvalue weighted by atomic mass is 9.99. The molecular weight excluding hydrogens is 486 g/mol. The van der Waals surface area contributed by atoms with E-state index in [1.807, 2.05) is 60.7 Å². The summed E-state index contributed by atoms with van der Waals surface area (Å²) in [6.07, 6.45) is -3.43. The molecule has 0 aliphatic carbocycles. The van der Waals surface area contributed by atoms with E-state index in [1.165, 1.54) is 13.8 Å². The highest BCUT2D eigenvalue weighted by molar-refractivity contribution is 6.74. The maximum atomic E-state index is 12.1. The van der Waals surface area contributed by atoms with E-state index in [0.29, 0.717) is 5.71 Å². The molecule has 0 saturated carbocycles. The van der Waals surface area contributed by atoms with Gasteiger partial charge in [0.15, 0.2) is 20.5 Å². The van der Waals surface area contributed by atoms with Gasteiger partial charge in [-0.05, 0) is 25.1 Å². The zero-order valence-corrected chi connectivity index (χ0v) is 24.2. The molecule has 7 nitrogen and oxygen atoms in total. The summed E-state index contributed by atoms with van der Waals surface area (Å²) < 4.78 is 17.4. The molecule has 0 radical (unpaired) electrons. The third-order valence-corrected chi connectivity index (χ3v) is 11.2. The minimum atomic E-state index is -2.22. The van der Waals surface area contributed by atoms with Crippen molar-refractivity contribution in [2.45, 2.75) is 84.0 Å². The van der Waals surface area contributed by atoms with E-state index >= 15 is 0 Å². The lowest BCUT2D eigenvalue weighted by Crippen LogP contribution is -2.51. The molecule has 2 rings (SSSR count). The zero-order valence-electron chi connectivity index (χ0n) is 23.2. The van der Waals surface area contributed by atoms with Gasteiger partial charge in [0.1, 0.15) is 6.10 Å². The fourth-order valence-corrected chi connectivity index (χ4v) is 4.55. The highest BCUT2D eigenvalue weighted by Gasteiger charge is 2.42. The van der Waals surface area contributed by atoms with E-state index < -0.39 is 44.6 Å². The third-order valence-electron chi connectivity index (χ3n) is 6.66. The molecule has 1 N–H and O–H groups in total. The predicted octanol–water partition coefficient (Wildman–Crippen LogP) is 5.16. The molecular formula is C29H41NO6Si. The monoisotopic (exact) mass is 527 g/mol. The Balaban J connectivity index is 2.44. The number of nitrogens with zero attached hydrogens (tertiary/aromatic N) is 1. The van der Waals surface area contributed by atoms with Crippen molar-refractivity contribution in [3.8, 4) is 0 Å². The molecule has 2 aromatic rings. The van der Waals surface area contributed by atoms with Crippen LogP contribution in [0.15, 0.2) is 65.7 Å². The molecule has 0 aliphatic heterocycles. The second-order valence-corrected chi connectivity index (χ2v) is 15.5. The van der Waals surface area contributed by atoms with Crippen LogP contribution in [0.4, 0.5) is 0 Å². The van der Waals surface area contributed by atoms with Crippen molar-refractivity contribution in [3.05, 3.63) is 71.8 Å².